The minimum atomic E-state index is 0.906. The smallest absolute Gasteiger partial charge is 0.00209 e. The summed E-state index contributed by atoms with van der Waals surface area (Å²) in [5, 5.41) is 3.37. The molecule has 0 saturated heterocycles. The molecule has 1 aliphatic carbocycles. The Morgan fingerprint density at radius 2 is 1.73 bits per heavy atom. The largest absolute Gasteiger partial charge is 0.319 e. The van der Waals surface area contributed by atoms with Gasteiger partial charge in [-0.2, -0.15) is 0 Å². The Morgan fingerprint density at radius 1 is 1.07 bits per heavy atom. The van der Waals surface area contributed by atoms with Gasteiger partial charge in [0.05, 0.1) is 0 Å². The molecular weight excluding hydrogens is 182 g/mol. The van der Waals surface area contributed by atoms with Crippen LogP contribution in [0.1, 0.15) is 58.8 Å². The molecule has 0 aliphatic heterocycles. The minimum absolute atomic E-state index is 0.906. The van der Waals surface area contributed by atoms with E-state index in [4.69, 9.17) is 0 Å². The van der Waals surface area contributed by atoms with Crippen molar-refractivity contribution in [2.24, 2.45) is 17.8 Å². The van der Waals surface area contributed by atoms with Crippen molar-refractivity contribution < 1.29 is 0 Å². The lowest BCUT2D eigenvalue weighted by Crippen LogP contribution is -2.31. The second-order valence-electron chi connectivity index (χ2n) is 5.20. The van der Waals surface area contributed by atoms with Crippen LogP contribution in [0.5, 0.6) is 0 Å². The molecule has 1 rings (SSSR count). The second kappa shape index (κ2) is 7.27. The van der Waals surface area contributed by atoms with Crippen molar-refractivity contribution in [1.82, 2.24) is 5.32 Å². The molecule has 1 N–H and O–H groups in total. The zero-order valence-corrected chi connectivity index (χ0v) is 10.9. The van der Waals surface area contributed by atoms with E-state index in [1.807, 2.05) is 0 Å². The summed E-state index contributed by atoms with van der Waals surface area (Å²) in [6.45, 7) is 5.95. The van der Waals surface area contributed by atoms with Gasteiger partial charge in [-0.05, 0) is 31.3 Å². The SMILES string of the molecule is CCC(CNC)C(CC)C1CCCCC1. The first kappa shape index (κ1) is 13.0. The Bertz CT molecular complexity index is 145. The quantitative estimate of drug-likeness (QED) is 0.704. The van der Waals surface area contributed by atoms with Crippen molar-refractivity contribution in [1.29, 1.82) is 0 Å². The Hall–Kier alpha value is -0.0400. The molecule has 0 aromatic carbocycles. The first-order valence-corrected chi connectivity index (χ1v) is 6.98. The fourth-order valence-electron chi connectivity index (χ4n) is 3.47. The third-order valence-electron chi connectivity index (χ3n) is 4.32. The molecule has 0 amide bonds. The summed E-state index contributed by atoms with van der Waals surface area (Å²) >= 11 is 0. The number of nitrogens with one attached hydrogen (secondary N) is 1. The number of hydrogen-bond acceptors (Lipinski definition) is 1. The average Bonchev–Trinajstić information content (AvgIpc) is 2.30. The summed E-state index contributed by atoms with van der Waals surface area (Å²) in [5.74, 6) is 2.91. The highest BCUT2D eigenvalue weighted by Crippen LogP contribution is 2.36. The molecule has 1 fully saturated rings. The van der Waals surface area contributed by atoms with Gasteiger partial charge in [0.2, 0.25) is 0 Å². The van der Waals surface area contributed by atoms with Gasteiger partial charge in [0.1, 0.15) is 0 Å². The fourth-order valence-corrected chi connectivity index (χ4v) is 3.47. The van der Waals surface area contributed by atoms with Crippen LogP contribution < -0.4 is 5.32 Å². The highest BCUT2D eigenvalue weighted by atomic mass is 14.8. The molecular formula is C14H29N. The van der Waals surface area contributed by atoms with Gasteiger partial charge in [-0.15, -0.1) is 0 Å². The molecule has 0 heterocycles. The summed E-state index contributed by atoms with van der Waals surface area (Å²) in [6.07, 6.45) is 10.2. The molecule has 0 radical (unpaired) electrons. The van der Waals surface area contributed by atoms with Crippen LogP contribution >= 0.6 is 0 Å². The lowest BCUT2D eigenvalue weighted by molar-refractivity contribution is 0.166. The molecule has 15 heavy (non-hydrogen) atoms. The monoisotopic (exact) mass is 211 g/mol. The van der Waals surface area contributed by atoms with E-state index in [1.165, 1.54) is 51.5 Å². The molecule has 2 atom stereocenters. The highest BCUT2D eigenvalue weighted by Gasteiger charge is 2.27. The molecule has 1 nitrogen and oxygen atoms in total. The van der Waals surface area contributed by atoms with Crippen LogP contribution in [-0.2, 0) is 0 Å². The van der Waals surface area contributed by atoms with Gasteiger partial charge in [-0.1, -0.05) is 58.8 Å². The Kier molecular flexibility index (Phi) is 6.31. The Labute approximate surface area is 96.0 Å². The van der Waals surface area contributed by atoms with E-state index < -0.39 is 0 Å². The van der Waals surface area contributed by atoms with E-state index in [0.29, 0.717) is 0 Å². The highest BCUT2D eigenvalue weighted by molar-refractivity contribution is 4.79. The maximum absolute atomic E-state index is 3.37. The number of rotatable bonds is 6. The van der Waals surface area contributed by atoms with Crippen molar-refractivity contribution in [3.8, 4) is 0 Å². The molecule has 90 valence electrons. The Morgan fingerprint density at radius 3 is 2.20 bits per heavy atom. The fraction of sp³-hybridized carbons (Fsp3) is 1.00. The van der Waals surface area contributed by atoms with Crippen LogP contribution in [0.15, 0.2) is 0 Å². The Balaban J connectivity index is 2.50. The van der Waals surface area contributed by atoms with E-state index in [9.17, 15) is 0 Å². The van der Waals surface area contributed by atoms with E-state index in [-0.39, 0.29) is 0 Å². The molecule has 1 saturated carbocycles. The van der Waals surface area contributed by atoms with E-state index in [1.54, 1.807) is 0 Å². The van der Waals surface area contributed by atoms with Crippen molar-refractivity contribution in [2.75, 3.05) is 13.6 Å². The maximum atomic E-state index is 3.37. The summed E-state index contributed by atoms with van der Waals surface area (Å²) in [6, 6.07) is 0. The summed E-state index contributed by atoms with van der Waals surface area (Å²) in [7, 11) is 2.09. The van der Waals surface area contributed by atoms with Gasteiger partial charge in [-0.25, -0.2) is 0 Å². The van der Waals surface area contributed by atoms with Gasteiger partial charge in [0, 0.05) is 0 Å². The topological polar surface area (TPSA) is 12.0 Å². The van der Waals surface area contributed by atoms with Crippen LogP contribution in [-0.4, -0.2) is 13.6 Å². The predicted octanol–water partition coefficient (Wildman–Crippen LogP) is 3.84. The third kappa shape index (κ3) is 3.79. The van der Waals surface area contributed by atoms with Gasteiger partial charge in [0.15, 0.2) is 0 Å². The van der Waals surface area contributed by atoms with Gasteiger partial charge in [0.25, 0.3) is 0 Å². The van der Waals surface area contributed by atoms with Crippen LogP contribution in [0.3, 0.4) is 0 Å². The standard InChI is InChI=1S/C14H29N/c1-4-12(11-15-3)14(5-2)13-9-7-6-8-10-13/h12-15H,4-11H2,1-3H3. The third-order valence-corrected chi connectivity index (χ3v) is 4.32. The lowest BCUT2D eigenvalue weighted by atomic mass is 9.72. The number of hydrogen-bond donors (Lipinski definition) is 1. The minimum Gasteiger partial charge on any atom is -0.319 e. The van der Waals surface area contributed by atoms with Crippen LogP contribution in [0.2, 0.25) is 0 Å². The lowest BCUT2D eigenvalue weighted by Gasteiger charge is -2.35. The molecule has 0 aromatic rings. The zero-order chi connectivity index (χ0) is 11.1. The van der Waals surface area contributed by atoms with Gasteiger partial charge < -0.3 is 5.32 Å². The van der Waals surface area contributed by atoms with Crippen molar-refractivity contribution in [2.45, 2.75) is 58.8 Å². The van der Waals surface area contributed by atoms with Crippen LogP contribution in [0.25, 0.3) is 0 Å². The molecule has 1 heteroatoms. The van der Waals surface area contributed by atoms with E-state index >= 15 is 0 Å². The van der Waals surface area contributed by atoms with Crippen molar-refractivity contribution in [3.05, 3.63) is 0 Å². The molecule has 2 unspecified atom stereocenters. The zero-order valence-electron chi connectivity index (χ0n) is 10.9. The van der Waals surface area contributed by atoms with E-state index in [2.05, 4.69) is 26.2 Å². The normalized spacial score (nSPS) is 22.6. The second-order valence-corrected chi connectivity index (χ2v) is 5.20. The van der Waals surface area contributed by atoms with E-state index in [0.717, 1.165) is 17.8 Å². The van der Waals surface area contributed by atoms with Crippen LogP contribution in [0, 0.1) is 17.8 Å². The summed E-state index contributed by atoms with van der Waals surface area (Å²) in [5.41, 5.74) is 0. The maximum Gasteiger partial charge on any atom is -0.00209 e. The predicted molar refractivity (Wildman–Crippen MR) is 68.1 cm³/mol. The average molecular weight is 211 g/mol. The molecule has 0 bridgehead atoms. The molecule has 0 aromatic heterocycles. The first-order chi connectivity index (χ1) is 7.33. The van der Waals surface area contributed by atoms with Crippen LogP contribution in [0.4, 0.5) is 0 Å². The van der Waals surface area contributed by atoms with Gasteiger partial charge in [-0.3, -0.25) is 0 Å². The summed E-state index contributed by atoms with van der Waals surface area (Å²) < 4.78 is 0. The summed E-state index contributed by atoms with van der Waals surface area (Å²) in [4.78, 5) is 0. The van der Waals surface area contributed by atoms with Crippen molar-refractivity contribution in [3.63, 3.8) is 0 Å². The molecule has 1 aliphatic rings. The molecule has 0 spiro atoms. The van der Waals surface area contributed by atoms with Gasteiger partial charge >= 0.3 is 0 Å². The van der Waals surface area contributed by atoms with Crippen molar-refractivity contribution >= 4 is 0 Å². The first-order valence-electron chi connectivity index (χ1n) is 6.98.